The summed E-state index contributed by atoms with van der Waals surface area (Å²) < 4.78 is 13.1. The largest absolute Gasteiger partial charge is 0.354 e. The zero-order valence-electron chi connectivity index (χ0n) is 15.3. The Morgan fingerprint density at radius 3 is 2.75 bits per heavy atom. The first-order valence-corrected chi connectivity index (χ1v) is 10.2. The molecule has 1 N–H and O–H groups in total. The second kappa shape index (κ2) is 8.48. The molecule has 0 aliphatic carbocycles. The van der Waals surface area contributed by atoms with Gasteiger partial charge in [0.15, 0.2) is 5.82 Å². The van der Waals surface area contributed by atoms with Gasteiger partial charge in [-0.1, -0.05) is 6.07 Å². The molecule has 1 aliphatic heterocycles. The first-order valence-electron chi connectivity index (χ1n) is 9.34. The fraction of sp³-hybridized carbons (Fsp3) is 0.286. The van der Waals surface area contributed by atoms with E-state index in [4.69, 9.17) is 0 Å². The van der Waals surface area contributed by atoms with Gasteiger partial charge in [0.2, 0.25) is 5.91 Å². The van der Waals surface area contributed by atoms with Crippen LogP contribution in [0.15, 0.2) is 53.9 Å². The number of hydrogen-bond donors (Lipinski definition) is 1. The highest BCUT2D eigenvalue weighted by Gasteiger charge is 2.26. The lowest BCUT2D eigenvalue weighted by atomic mass is 9.97. The van der Waals surface area contributed by atoms with Gasteiger partial charge in [0.05, 0.1) is 18.2 Å². The van der Waals surface area contributed by atoms with Gasteiger partial charge < -0.3 is 10.2 Å². The van der Waals surface area contributed by atoms with E-state index in [1.807, 2.05) is 29.6 Å². The molecular weight excluding hydrogens is 375 g/mol. The number of benzene rings is 1. The summed E-state index contributed by atoms with van der Waals surface area (Å²) in [6, 6.07) is 14.0. The van der Waals surface area contributed by atoms with Gasteiger partial charge in [-0.3, -0.25) is 4.79 Å². The molecule has 1 saturated heterocycles. The fourth-order valence-electron chi connectivity index (χ4n) is 3.40. The third kappa shape index (κ3) is 4.36. The van der Waals surface area contributed by atoms with Crippen molar-refractivity contribution in [1.29, 1.82) is 0 Å². The number of nitrogens with one attached hydrogen (secondary N) is 1. The summed E-state index contributed by atoms with van der Waals surface area (Å²) in [6.45, 7) is 2.08. The zero-order chi connectivity index (χ0) is 19.3. The number of hydrogen-bond acceptors (Lipinski definition) is 5. The maximum absolute atomic E-state index is 13.1. The molecule has 28 heavy (non-hydrogen) atoms. The van der Waals surface area contributed by atoms with Crippen molar-refractivity contribution in [2.75, 3.05) is 18.0 Å². The monoisotopic (exact) mass is 396 g/mol. The summed E-state index contributed by atoms with van der Waals surface area (Å²) in [6.07, 6.45) is 1.83. The second-order valence-corrected chi connectivity index (χ2v) is 7.90. The average Bonchev–Trinajstić information content (AvgIpc) is 3.26. The van der Waals surface area contributed by atoms with Crippen LogP contribution in [0.5, 0.6) is 0 Å². The number of carbonyl (C=O) groups is 1. The van der Waals surface area contributed by atoms with Crippen LogP contribution < -0.4 is 10.2 Å². The van der Waals surface area contributed by atoms with E-state index in [0.717, 1.165) is 35.6 Å². The van der Waals surface area contributed by atoms with Crippen LogP contribution in [0.4, 0.5) is 10.2 Å². The van der Waals surface area contributed by atoms with Gasteiger partial charge in [-0.25, -0.2) is 4.39 Å². The van der Waals surface area contributed by atoms with E-state index in [1.54, 1.807) is 23.5 Å². The summed E-state index contributed by atoms with van der Waals surface area (Å²) in [5.74, 6) is 0.535. The molecule has 1 aliphatic rings. The molecule has 7 heteroatoms. The van der Waals surface area contributed by atoms with Crippen molar-refractivity contribution in [1.82, 2.24) is 15.5 Å². The lowest BCUT2D eigenvalue weighted by Gasteiger charge is -2.32. The van der Waals surface area contributed by atoms with Gasteiger partial charge in [0.1, 0.15) is 5.82 Å². The number of rotatable bonds is 5. The number of halogens is 1. The van der Waals surface area contributed by atoms with E-state index >= 15 is 0 Å². The molecule has 2 aromatic heterocycles. The van der Waals surface area contributed by atoms with E-state index in [1.165, 1.54) is 12.1 Å². The molecular formula is C21H21FN4OS. The maximum Gasteiger partial charge on any atom is 0.225 e. The van der Waals surface area contributed by atoms with Crippen LogP contribution in [0.1, 0.15) is 17.7 Å². The topological polar surface area (TPSA) is 58.1 Å². The third-order valence-electron chi connectivity index (χ3n) is 4.92. The Morgan fingerprint density at radius 2 is 2.04 bits per heavy atom. The maximum atomic E-state index is 13.1. The Labute approximate surface area is 167 Å². The summed E-state index contributed by atoms with van der Waals surface area (Å²) in [7, 11) is 0. The van der Waals surface area contributed by atoms with Gasteiger partial charge in [-0.15, -0.1) is 21.5 Å². The summed E-state index contributed by atoms with van der Waals surface area (Å²) in [4.78, 5) is 15.8. The molecule has 1 amide bonds. The fourth-order valence-corrected chi connectivity index (χ4v) is 4.04. The second-order valence-electron chi connectivity index (χ2n) is 6.87. The molecule has 0 saturated carbocycles. The first kappa shape index (κ1) is 18.6. The zero-order valence-corrected chi connectivity index (χ0v) is 16.2. The number of carbonyl (C=O) groups excluding carboxylic acids is 1. The van der Waals surface area contributed by atoms with Crippen molar-refractivity contribution in [3.8, 4) is 11.3 Å². The Balaban J connectivity index is 1.38. The van der Waals surface area contributed by atoms with Crippen molar-refractivity contribution in [2.24, 2.45) is 5.92 Å². The molecule has 1 unspecified atom stereocenters. The number of thiophene rings is 1. The molecule has 144 valence electrons. The predicted octanol–water partition coefficient (Wildman–Crippen LogP) is 3.88. The van der Waals surface area contributed by atoms with Crippen molar-refractivity contribution >= 4 is 23.1 Å². The van der Waals surface area contributed by atoms with Crippen molar-refractivity contribution in [3.63, 3.8) is 0 Å². The van der Waals surface area contributed by atoms with E-state index < -0.39 is 0 Å². The third-order valence-corrected chi connectivity index (χ3v) is 5.80. The average molecular weight is 396 g/mol. The standard InChI is InChI=1S/C21H21FN4OS/c22-17-7-5-15(6-8-17)19-9-10-20(25-24-19)26-11-1-3-16(14-26)21(27)23-13-18-4-2-12-28-18/h2,4-10,12,16H,1,3,11,13-14H2,(H,23,27). The minimum absolute atomic E-state index is 0.0488. The van der Waals surface area contributed by atoms with E-state index in [0.29, 0.717) is 18.8 Å². The molecule has 4 rings (SSSR count). The summed E-state index contributed by atoms with van der Waals surface area (Å²) in [5.41, 5.74) is 1.52. The van der Waals surface area contributed by atoms with Crippen LogP contribution in [-0.2, 0) is 11.3 Å². The van der Waals surface area contributed by atoms with Crippen LogP contribution in [0.2, 0.25) is 0 Å². The first-order chi connectivity index (χ1) is 13.7. The number of piperidine rings is 1. The normalized spacial score (nSPS) is 16.8. The molecule has 1 atom stereocenters. The van der Waals surface area contributed by atoms with Gasteiger partial charge >= 0.3 is 0 Å². The van der Waals surface area contributed by atoms with Gasteiger partial charge in [0.25, 0.3) is 0 Å². The molecule has 1 fully saturated rings. The van der Waals surface area contributed by atoms with Crippen LogP contribution in [0.25, 0.3) is 11.3 Å². The quantitative estimate of drug-likeness (QED) is 0.711. The number of anilines is 1. The van der Waals surface area contributed by atoms with Crippen molar-refractivity contribution in [3.05, 3.63) is 64.6 Å². The predicted molar refractivity (Wildman–Crippen MR) is 109 cm³/mol. The molecule has 0 bridgehead atoms. The van der Waals surface area contributed by atoms with Crippen LogP contribution >= 0.6 is 11.3 Å². The van der Waals surface area contributed by atoms with Crippen molar-refractivity contribution < 1.29 is 9.18 Å². The minimum Gasteiger partial charge on any atom is -0.354 e. The molecule has 3 aromatic rings. The summed E-state index contributed by atoms with van der Waals surface area (Å²) >= 11 is 1.65. The number of aromatic nitrogens is 2. The highest BCUT2D eigenvalue weighted by Crippen LogP contribution is 2.24. The van der Waals surface area contributed by atoms with Gasteiger partial charge in [-0.2, -0.15) is 0 Å². The van der Waals surface area contributed by atoms with Gasteiger partial charge in [0, 0.05) is 23.5 Å². The van der Waals surface area contributed by atoms with E-state index in [2.05, 4.69) is 20.4 Å². The summed E-state index contributed by atoms with van der Waals surface area (Å²) in [5, 5.41) is 13.7. The highest BCUT2D eigenvalue weighted by atomic mass is 32.1. The number of nitrogens with zero attached hydrogens (tertiary/aromatic N) is 3. The van der Waals surface area contributed by atoms with E-state index in [9.17, 15) is 9.18 Å². The Morgan fingerprint density at radius 1 is 1.18 bits per heavy atom. The van der Waals surface area contributed by atoms with Crippen LogP contribution in [0, 0.1) is 11.7 Å². The lowest BCUT2D eigenvalue weighted by Crippen LogP contribution is -2.43. The Hall–Kier alpha value is -2.80. The Bertz CT molecular complexity index is 913. The highest BCUT2D eigenvalue weighted by molar-refractivity contribution is 7.09. The minimum atomic E-state index is -0.273. The SMILES string of the molecule is O=C(NCc1cccs1)C1CCCN(c2ccc(-c3ccc(F)cc3)nn2)C1. The van der Waals surface area contributed by atoms with Crippen LogP contribution in [-0.4, -0.2) is 29.2 Å². The van der Waals surface area contributed by atoms with Crippen molar-refractivity contribution in [2.45, 2.75) is 19.4 Å². The lowest BCUT2D eigenvalue weighted by molar-refractivity contribution is -0.125. The molecule has 5 nitrogen and oxygen atoms in total. The molecule has 0 radical (unpaired) electrons. The molecule has 1 aromatic carbocycles. The number of amides is 1. The molecule has 3 heterocycles. The van der Waals surface area contributed by atoms with Crippen LogP contribution in [0.3, 0.4) is 0 Å². The Kier molecular flexibility index (Phi) is 5.62. The molecule has 0 spiro atoms. The van der Waals surface area contributed by atoms with E-state index in [-0.39, 0.29) is 17.6 Å². The smallest absolute Gasteiger partial charge is 0.225 e. The van der Waals surface area contributed by atoms with Gasteiger partial charge in [-0.05, 0) is 60.7 Å².